The van der Waals surface area contributed by atoms with Crippen molar-refractivity contribution >= 4 is 0 Å². The number of nitrogens with zero attached hydrogens (tertiary/aromatic N) is 5. The van der Waals surface area contributed by atoms with Gasteiger partial charge in [-0.1, -0.05) is 24.3 Å². The van der Waals surface area contributed by atoms with Gasteiger partial charge in [0.05, 0.1) is 23.7 Å². The number of nitrogens with one attached hydrogen (secondary N) is 2. The summed E-state index contributed by atoms with van der Waals surface area (Å²) in [5.74, 6) is 0.531. The first-order valence-electron chi connectivity index (χ1n) is 9.90. The normalized spacial score (nSPS) is 12.1. The van der Waals surface area contributed by atoms with Crippen LogP contribution < -0.4 is 10.6 Å². The lowest BCUT2D eigenvalue weighted by Gasteiger charge is -2.15. The smallest absolute Gasteiger partial charge is 0.248 e. The predicted octanol–water partition coefficient (Wildman–Crippen LogP) is 3.00. The van der Waals surface area contributed by atoms with Gasteiger partial charge in [-0.25, -0.2) is 14.4 Å². The van der Waals surface area contributed by atoms with E-state index in [0.29, 0.717) is 18.3 Å². The van der Waals surface area contributed by atoms with Crippen LogP contribution in [0.4, 0.5) is 4.39 Å². The monoisotopic (exact) mass is 419 g/mol. The lowest BCUT2D eigenvalue weighted by Crippen LogP contribution is -2.35. The second kappa shape index (κ2) is 9.96. The minimum Gasteiger partial charge on any atom is -0.423 e. The number of aromatic nitrogens is 5. The standard InChI is InChI=1S/C22H22FN7O/c1-15(8-24-13-20-7-6-18(10-26-20)22-30-29-14-31-22)25-9-16-2-4-17(5-3-16)21-27-11-19(23)12-28-21/h2-7,10-12,14-15,24-25H,8-9,13H2,1H3. The van der Waals surface area contributed by atoms with Gasteiger partial charge in [-0.3, -0.25) is 4.98 Å². The molecule has 31 heavy (non-hydrogen) atoms. The molecule has 0 aliphatic rings. The van der Waals surface area contributed by atoms with Crippen molar-refractivity contribution in [2.45, 2.75) is 26.1 Å². The number of hydrogen-bond donors (Lipinski definition) is 2. The molecule has 0 aliphatic heterocycles. The maximum Gasteiger partial charge on any atom is 0.248 e. The summed E-state index contributed by atoms with van der Waals surface area (Å²) in [5.41, 5.74) is 3.74. The summed E-state index contributed by atoms with van der Waals surface area (Å²) in [7, 11) is 0. The van der Waals surface area contributed by atoms with E-state index in [-0.39, 0.29) is 6.04 Å². The molecule has 8 nitrogen and oxygen atoms in total. The van der Waals surface area contributed by atoms with E-state index in [4.69, 9.17) is 4.42 Å². The van der Waals surface area contributed by atoms with Gasteiger partial charge in [-0.15, -0.1) is 10.2 Å². The molecule has 1 atom stereocenters. The van der Waals surface area contributed by atoms with E-state index in [0.717, 1.165) is 35.5 Å². The van der Waals surface area contributed by atoms with Crippen LogP contribution >= 0.6 is 0 Å². The van der Waals surface area contributed by atoms with E-state index in [1.54, 1.807) is 6.20 Å². The molecule has 0 radical (unpaired) electrons. The summed E-state index contributed by atoms with van der Waals surface area (Å²) in [4.78, 5) is 12.4. The molecular weight excluding hydrogens is 397 g/mol. The van der Waals surface area contributed by atoms with Crippen molar-refractivity contribution in [1.29, 1.82) is 0 Å². The fourth-order valence-electron chi connectivity index (χ4n) is 2.97. The number of rotatable bonds is 9. The molecule has 0 saturated carbocycles. The molecule has 4 rings (SSSR count). The van der Waals surface area contributed by atoms with Gasteiger partial charge in [0.1, 0.15) is 0 Å². The highest BCUT2D eigenvalue weighted by atomic mass is 19.1. The topological polar surface area (TPSA) is 102 Å². The first-order valence-corrected chi connectivity index (χ1v) is 9.90. The van der Waals surface area contributed by atoms with Crippen molar-refractivity contribution in [3.63, 3.8) is 0 Å². The first-order chi connectivity index (χ1) is 15.2. The Morgan fingerprint density at radius 2 is 1.71 bits per heavy atom. The zero-order chi connectivity index (χ0) is 21.5. The van der Waals surface area contributed by atoms with Crippen LogP contribution in [-0.4, -0.2) is 37.7 Å². The summed E-state index contributed by atoms with van der Waals surface area (Å²) in [5, 5.41) is 14.4. The molecule has 1 unspecified atom stereocenters. The van der Waals surface area contributed by atoms with Gasteiger partial charge in [0, 0.05) is 37.4 Å². The highest BCUT2D eigenvalue weighted by molar-refractivity contribution is 5.54. The fourth-order valence-corrected chi connectivity index (χ4v) is 2.97. The number of pyridine rings is 1. The van der Waals surface area contributed by atoms with Crippen molar-refractivity contribution in [2.75, 3.05) is 6.54 Å². The Bertz CT molecular complexity index is 1070. The number of halogens is 1. The Hall–Kier alpha value is -3.56. The maximum atomic E-state index is 12.9. The third-order valence-electron chi connectivity index (χ3n) is 4.68. The molecular formula is C22H22FN7O. The minimum atomic E-state index is -0.441. The van der Waals surface area contributed by atoms with Crippen LogP contribution in [-0.2, 0) is 13.1 Å². The van der Waals surface area contributed by atoms with Crippen molar-refractivity contribution < 1.29 is 8.81 Å². The molecule has 3 heterocycles. The van der Waals surface area contributed by atoms with Crippen molar-refractivity contribution in [3.05, 3.63) is 78.5 Å². The van der Waals surface area contributed by atoms with Gasteiger partial charge < -0.3 is 15.1 Å². The summed E-state index contributed by atoms with van der Waals surface area (Å²) >= 11 is 0. The summed E-state index contributed by atoms with van der Waals surface area (Å²) in [6.07, 6.45) is 5.37. The van der Waals surface area contributed by atoms with E-state index in [1.807, 2.05) is 36.4 Å². The van der Waals surface area contributed by atoms with Crippen LogP contribution in [0.25, 0.3) is 22.8 Å². The third-order valence-corrected chi connectivity index (χ3v) is 4.68. The summed E-state index contributed by atoms with van der Waals surface area (Å²) in [6.45, 7) is 4.33. The third kappa shape index (κ3) is 5.74. The van der Waals surface area contributed by atoms with Gasteiger partial charge in [-0.05, 0) is 24.6 Å². The molecule has 4 aromatic rings. The second-order valence-corrected chi connectivity index (χ2v) is 7.12. The average molecular weight is 419 g/mol. The van der Waals surface area contributed by atoms with E-state index >= 15 is 0 Å². The molecule has 9 heteroatoms. The fraction of sp³-hybridized carbons (Fsp3) is 0.227. The Balaban J connectivity index is 1.19. The first kappa shape index (κ1) is 20.7. The van der Waals surface area contributed by atoms with Crippen molar-refractivity contribution in [3.8, 4) is 22.8 Å². The van der Waals surface area contributed by atoms with Crippen LogP contribution in [0.1, 0.15) is 18.2 Å². The Morgan fingerprint density at radius 1 is 0.935 bits per heavy atom. The van der Waals surface area contributed by atoms with E-state index in [2.05, 4.69) is 42.7 Å². The molecule has 158 valence electrons. The predicted molar refractivity (Wildman–Crippen MR) is 113 cm³/mol. The zero-order valence-corrected chi connectivity index (χ0v) is 17.0. The van der Waals surface area contributed by atoms with Gasteiger partial charge in [0.15, 0.2) is 11.6 Å². The molecule has 2 N–H and O–H groups in total. The van der Waals surface area contributed by atoms with Gasteiger partial charge >= 0.3 is 0 Å². The Morgan fingerprint density at radius 3 is 2.39 bits per heavy atom. The van der Waals surface area contributed by atoms with E-state index < -0.39 is 5.82 Å². The van der Waals surface area contributed by atoms with Gasteiger partial charge in [-0.2, -0.15) is 0 Å². The van der Waals surface area contributed by atoms with Crippen LogP contribution in [0.5, 0.6) is 0 Å². The minimum absolute atomic E-state index is 0.276. The van der Waals surface area contributed by atoms with E-state index in [1.165, 1.54) is 18.8 Å². The number of benzene rings is 1. The second-order valence-electron chi connectivity index (χ2n) is 7.12. The van der Waals surface area contributed by atoms with Crippen LogP contribution in [0.3, 0.4) is 0 Å². The molecule has 3 aromatic heterocycles. The molecule has 0 aliphatic carbocycles. The molecule has 1 aromatic carbocycles. The Kier molecular flexibility index (Phi) is 6.65. The lowest BCUT2D eigenvalue weighted by molar-refractivity contribution is 0.499. The molecule has 0 bridgehead atoms. The summed E-state index contributed by atoms with van der Waals surface area (Å²) in [6, 6.07) is 12.1. The lowest BCUT2D eigenvalue weighted by atomic mass is 10.1. The molecule has 0 spiro atoms. The van der Waals surface area contributed by atoms with Crippen molar-refractivity contribution in [2.24, 2.45) is 0 Å². The van der Waals surface area contributed by atoms with Gasteiger partial charge in [0.2, 0.25) is 12.3 Å². The Labute approximate surface area is 179 Å². The summed E-state index contributed by atoms with van der Waals surface area (Å²) < 4.78 is 18.1. The van der Waals surface area contributed by atoms with Crippen LogP contribution in [0, 0.1) is 5.82 Å². The van der Waals surface area contributed by atoms with Gasteiger partial charge in [0.25, 0.3) is 0 Å². The van der Waals surface area contributed by atoms with Crippen molar-refractivity contribution in [1.82, 2.24) is 35.8 Å². The quantitative estimate of drug-likeness (QED) is 0.427. The van der Waals surface area contributed by atoms with E-state index in [9.17, 15) is 4.39 Å². The highest BCUT2D eigenvalue weighted by Crippen LogP contribution is 2.16. The molecule has 0 fully saturated rings. The maximum absolute atomic E-state index is 12.9. The zero-order valence-electron chi connectivity index (χ0n) is 17.0. The highest BCUT2D eigenvalue weighted by Gasteiger charge is 2.06. The molecule has 0 saturated heterocycles. The van der Waals surface area contributed by atoms with Crippen LogP contribution in [0.2, 0.25) is 0 Å². The largest absolute Gasteiger partial charge is 0.423 e. The average Bonchev–Trinajstić information content (AvgIpc) is 3.34. The van der Waals surface area contributed by atoms with Crippen LogP contribution in [0.15, 0.2) is 65.8 Å². The molecule has 0 amide bonds. The SMILES string of the molecule is CC(CNCc1ccc(-c2nnco2)cn1)NCc1ccc(-c2ncc(F)cn2)cc1. The number of hydrogen-bond acceptors (Lipinski definition) is 8.